The van der Waals surface area contributed by atoms with Crippen LogP contribution in [-0.4, -0.2) is 85.2 Å². The molecule has 0 saturated carbocycles. The summed E-state index contributed by atoms with van der Waals surface area (Å²) < 4.78 is 19.0. The van der Waals surface area contributed by atoms with Gasteiger partial charge in [0, 0.05) is 51.5 Å². The lowest BCUT2D eigenvalue weighted by atomic mass is 9.94. The normalized spacial score (nSPS) is 19.0. The molecule has 2 N–H and O–H groups in total. The van der Waals surface area contributed by atoms with E-state index in [1.54, 1.807) is 30.0 Å². The number of esters is 1. The maximum Gasteiger partial charge on any atom is 0.338 e. The Morgan fingerprint density at radius 2 is 1.94 bits per heavy atom. The molecule has 0 aromatic heterocycles. The summed E-state index contributed by atoms with van der Waals surface area (Å²) >= 11 is 0. The minimum Gasteiger partial charge on any atom is -0.463 e. The molecule has 1 saturated heterocycles. The highest BCUT2D eigenvalue weighted by Crippen LogP contribution is 2.32. The van der Waals surface area contributed by atoms with Crippen LogP contribution in [0.5, 0.6) is 0 Å². The van der Waals surface area contributed by atoms with Gasteiger partial charge in [-0.05, 0) is 37.5 Å². The van der Waals surface area contributed by atoms with E-state index in [4.69, 9.17) is 4.74 Å². The van der Waals surface area contributed by atoms with E-state index in [9.17, 15) is 18.8 Å². The molecule has 1 unspecified atom stereocenters. The van der Waals surface area contributed by atoms with Crippen molar-refractivity contribution in [1.29, 1.82) is 0 Å². The summed E-state index contributed by atoms with van der Waals surface area (Å²) in [5.41, 5.74) is 1.42. The number of nitrogens with one attached hydrogen (secondary N) is 2. The second kappa shape index (κ2) is 13.1. The van der Waals surface area contributed by atoms with E-state index >= 15 is 0 Å². The monoisotopic (exact) mass is 501 g/mol. The summed E-state index contributed by atoms with van der Waals surface area (Å²) in [7, 11) is 0. The lowest BCUT2D eigenvalue weighted by Gasteiger charge is -2.38. The highest BCUT2D eigenvalue weighted by molar-refractivity contribution is 5.95. The molecule has 1 fully saturated rings. The fourth-order valence-corrected chi connectivity index (χ4v) is 4.44. The number of benzene rings is 1. The number of rotatable bonds is 9. The van der Waals surface area contributed by atoms with Gasteiger partial charge in [0.1, 0.15) is 5.82 Å². The van der Waals surface area contributed by atoms with E-state index in [0.29, 0.717) is 56.1 Å². The van der Waals surface area contributed by atoms with E-state index < -0.39 is 17.8 Å². The van der Waals surface area contributed by atoms with Gasteiger partial charge in [-0.15, -0.1) is 6.58 Å². The third kappa shape index (κ3) is 6.63. The third-order valence-corrected chi connectivity index (χ3v) is 6.22. The highest BCUT2D eigenvalue weighted by atomic mass is 19.1. The molecule has 2 heterocycles. The third-order valence-electron chi connectivity index (χ3n) is 6.22. The van der Waals surface area contributed by atoms with E-state index in [-0.39, 0.29) is 25.2 Å². The summed E-state index contributed by atoms with van der Waals surface area (Å²) in [5, 5.41) is 5.79. The molecule has 2 aliphatic heterocycles. The Morgan fingerprint density at radius 1 is 1.19 bits per heavy atom. The van der Waals surface area contributed by atoms with Gasteiger partial charge in [-0.1, -0.05) is 25.1 Å². The standard InChI is InChI=1S/C26H36FN5O4/c1-4-12-28-25(34)31-15-7-14-30(16-17-31)18-21-22(24(33)36-6-3)23(19-8-10-20(27)11-9-19)29-26(35)32(21)13-5-2/h5,8-11,23H,2,4,6-7,12-18H2,1,3H3,(H,28,34)(H,29,35). The fourth-order valence-electron chi connectivity index (χ4n) is 4.44. The Kier molecular flexibility index (Phi) is 9.86. The van der Waals surface area contributed by atoms with Gasteiger partial charge in [0.2, 0.25) is 0 Å². The smallest absolute Gasteiger partial charge is 0.338 e. The lowest BCUT2D eigenvalue weighted by molar-refractivity contribution is -0.139. The topological polar surface area (TPSA) is 94.2 Å². The number of ether oxygens (including phenoxy) is 1. The Morgan fingerprint density at radius 3 is 2.61 bits per heavy atom. The van der Waals surface area contributed by atoms with E-state index in [2.05, 4.69) is 22.1 Å². The Balaban J connectivity index is 1.94. The minimum absolute atomic E-state index is 0.0770. The van der Waals surface area contributed by atoms with Crippen LogP contribution in [0.25, 0.3) is 0 Å². The molecular formula is C26H36FN5O4. The molecule has 0 aliphatic carbocycles. The molecule has 196 valence electrons. The van der Waals surface area contributed by atoms with Crippen molar-refractivity contribution in [1.82, 2.24) is 25.3 Å². The van der Waals surface area contributed by atoms with Crippen LogP contribution >= 0.6 is 0 Å². The zero-order valence-corrected chi connectivity index (χ0v) is 21.1. The van der Waals surface area contributed by atoms with E-state index in [1.807, 2.05) is 6.92 Å². The zero-order valence-electron chi connectivity index (χ0n) is 21.1. The van der Waals surface area contributed by atoms with Crippen molar-refractivity contribution >= 4 is 18.0 Å². The van der Waals surface area contributed by atoms with Crippen molar-refractivity contribution in [3.05, 3.63) is 59.6 Å². The molecule has 0 spiro atoms. The number of hydrogen-bond donors (Lipinski definition) is 2. The summed E-state index contributed by atoms with van der Waals surface area (Å²) in [4.78, 5) is 44.3. The van der Waals surface area contributed by atoms with Gasteiger partial charge in [0.05, 0.1) is 18.2 Å². The second-order valence-electron chi connectivity index (χ2n) is 8.76. The fraction of sp³-hybridized carbons (Fsp3) is 0.500. The molecule has 10 heteroatoms. The number of urea groups is 2. The summed E-state index contributed by atoms with van der Waals surface area (Å²) in [5.74, 6) is -0.945. The van der Waals surface area contributed by atoms with Crippen molar-refractivity contribution in [2.75, 3.05) is 52.4 Å². The van der Waals surface area contributed by atoms with Crippen LogP contribution < -0.4 is 10.6 Å². The number of carbonyl (C=O) groups excluding carboxylic acids is 3. The molecular weight excluding hydrogens is 465 g/mol. The van der Waals surface area contributed by atoms with E-state index in [0.717, 1.165) is 12.8 Å². The largest absolute Gasteiger partial charge is 0.463 e. The quantitative estimate of drug-likeness (QED) is 0.401. The molecule has 9 nitrogen and oxygen atoms in total. The molecule has 36 heavy (non-hydrogen) atoms. The first-order chi connectivity index (χ1) is 17.4. The second-order valence-corrected chi connectivity index (χ2v) is 8.76. The van der Waals surface area contributed by atoms with Crippen LogP contribution in [0.1, 0.15) is 38.3 Å². The number of nitrogens with zero attached hydrogens (tertiary/aromatic N) is 3. The van der Waals surface area contributed by atoms with Gasteiger partial charge in [-0.3, -0.25) is 9.80 Å². The van der Waals surface area contributed by atoms with Gasteiger partial charge in [0.15, 0.2) is 0 Å². The van der Waals surface area contributed by atoms with Crippen LogP contribution in [0, 0.1) is 5.82 Å². The van der Waals surface area contributed by atoms with Crippen molar-refractivity contribution in [3.8, 4) is 0 Å². The molecule has 0 bridgehead atoms. The Bertz CT molecular complexity index is 981. The molecule has 1 aromatic carbocycles. The number of amides is 4. The minimum atomic E-state index is -0.781. The first-order valence-corrected chi connectivity index (χ1v) is 12.5. The van der Waals surface area contributed by atoms with Crippen LogP contribution in [-0.2, 0) is 9.53 Å². The molecule has 4 amide bonds. The molecule has 0 radical (unpaired) electrons. The van der Waals surface area contributed by atoms with Crippen molar-refractivity contribution < 1.29 is 23.5 Å². The van der Waals surface area contributed by atoms with Gasteiger partial charge < -0.3 is 20.3 Å². The molecule has 1 atom stereocenters. The van der Waals surface area contributed by atoms with Gasteiger partial charge in [0.25, 0.3) is 0 Å². The van der Waals surface area contributed by atoms with Crippen LogP contribution in [0.4, 0.5) is 14.0 Å². The van der Waals surface area contributed by atoms with Crippen molar-refractivity contribution in [2.45, 2.75) is 32.7 Å². The zero-order chi connectivity index (χ0) is 26.1. The maximum atomic E-state index is 13.6. The molecule has 1 aromatic rings. The van der Waals surface area contributed by atoms with Crippen LogP contribution in [0.2, 0.25) is 0 Å². The first-order valence-electron chi connectivity index (χ1n) is 12.5. The number of hydrogen-bond acceptors (Lipinski definition) is 5. The van der Waals surface area contributed by atoms with Crippen LogP contribution in [0.15, 0.2) is 48.2 Å². The van der Waals surface area contributed by atoms with Gasteiger partial charge >= 0.3 is 18.0 Å². The first kappa shape index (κ1) is 27.2. The maximum absolute atomic E-state index is 13.6. The summed E-state index contributed by atoms with van der Waals surface area (Å²) in [6.45, 7) is 11.3. The predicted molar refractivity (Wildman–Crippen MR) is 135 cm³/mol. The van der Waals surface area contributed by atoms with Crippen LogP contribution in [0.3, 0.4) is 0 Å². The summed E-state index contributed by atoms with van der Waals surface area (Å²) in [6, 6.07) is 4.48. The number of carbonyl (C=O) groups is 3. The average molecular weight is 502 g/mol. The Labute approximate surface area is 211 Å². The molecule has 2 aliphatic rings. The summed E-state index contributed by atoms with van der Waals surface area (Å²) in [6.07, 6.45) is 3.23. The van der Waals surface area contributed by atoms with Crippen molar-refractivity contribution in [2.24, 2.45) is 0 Å². The average Bonchev–Trinajstić information content (AvgIpc) is 3.10. The SMILES string of the molecule is C=CCN1C(=O)NC(c2ccc(F)cc2)C(C(=O)OCC)=C1CN1CCCN(C(=O)NCCC)CC1. The lowest BCUT2D eigenvalue weighted by Crippen LogP contribution is -2.51. The Hall–Kier alpha value is -3.40. The van der Waals surface area contributed by atoms with Gasteiger partial charge in [-0.25, -0.2) is 18.8 Å². The number of halogens is 1. The highest BCUT2D eigenvalue weighted by Gasteiger charge is 2.38. The van der Waals surface area contributed by atoms with E-state index in [1.165, 1.54) is 17.0 Å². The predicted octanol–water partition coefficient (Wildman–Crippen LogP) is 3.02. The van der Waals surface area contributed by atoms with Gasteiger partial charge in [-0.2, -0.15) is 0 Å². The van der Waals surface area contributed by atoms with Crippen molar-refractivity contribution in [3.63, 3.8) is 0 Å². The molecule has 3 rings (SSSR count).